The van der Waals surface area contributed by atoms with Gasteiger partial charge in [0, 0.05) is 32.2 Å². The Morgan fingerprint density at radius 2 is 1.93 bits per heavy atom. The van der Waals surface area contributed by atoms with Gasteiger partial charge in [0.2, 0.25) is 10.0 Å². The van der Waals surface area contributed by atoms with E-state index in [0.717, 1.165) is 30.8 Å². The first-order valence-corrected chi connectivity index (χ1v) is 12.2. The number of nitrogens with zero attached hydrogens (tertiary/aromatic N) is 1. The minimum Gasteiger partial charge on any atom is -0.493 e. The van der Waals surface area contributed by atoms with Crippen molar-refractivity contribution in [2.75, 3.05) is 32.5 Å². The quantitative estimate of drug-likeness (QED) is 0.224. The average Bonchev–Trinajstić information content (AvgIpc) is 3.47. The Labute approximate surface area is 197 Å². The van der Waals surface area contributed by atoms with Crippen LogP contribution in [0.4, 0.5) is 0 Å². The Balaban J connectivity index is 0.00000320. The van der Waals surface area contributed by atoms with Crippen LogP contribution in [0.2, 0.25) is 0 Å². The molecule has 0 radical (unpaired) electrons. The van der Waals surface area contributed by atoms with Crippen molar-refractivity contribution >= 4 is 40.0 Å². The van der Waals surface area contributed by atoms with Crippen LogP contribution in [0.15, 0.2) is 23.2 Å². The molecule has 2 saturated carbocycles. The fourth-order valence-electron chi connectivity index (χ4n) is 3.15. The molecule has 0 spiro atoms. The first-order chi connectivity index (χ1) is 13.9. The van der Waals surface area contributed by atoms with Gasteiger partial charge in [-0.3, -0.25) is 4.99 Å². The second-order valence-corrected chi connectivity index (χ2v) is 10.1. The molecule has 0 saturated heterocycles. The predicted molar refractivity (Wildman–Crippen MR) is 132 cm³/mol. The van der Waals surface area contributed by atoms with E-state index >= 15 is 0 Å². The highest BCUT2D eigenvalue weighted by Crippen LogP contribution is 2.30. The minimum atomic E-state index is -3.26. The lowest BCUT2D eigenvalue weighted by atomic mass is 9.86. The Hall–Kier alpha value is -1.07. The van der Waals surface area contributed by atoms with Crippen molar-refractivity contribution in [3.05, 3.63) is 29.3 Å². The summed E-state index contributed by atoms with van der Waals surface area (Å²) in [6.45, 7) is 4.26. The molecule has 1 aromatic rings. The molecule has 0 amide bonds. The van der Waals surface area contributed by atoms with Crippen LogP contribution in [-0.2, 0) is 16.6 Å². The van der Waals surface area contributed by atoms with Crippen molar-refractivity contribution in [1.82, 2.24) is 15.4 Å². The van der Waals surface area contributed by atoms with Gasteiger partial charge in [0.15, 0.2) is 5.96 Å². The number of rotatable bonds is 11. The largest absolute Gasteiger partial charge is 0.493 e. The van der Waals surface area contributed by atoms with Crippen molar-refractivity contribution in [3.8, 4) is 5.75 Å². The van der Waals surface area contributed by atoms with Gasteiger partial charge < -0.3 is 15.4 Å². The van der Waals surface area contributed by atoms with Gasteiger partial charge in [-0.15, -0.1) is 24.0 Å². The third-order valence-electron chi connectivity index (χ3n) is 5.54. The summed E-state index contributed by atoms with van der Waals surface area (Å²) in [5, 5.41) is 6.33. The monoisotopic (exact) mass is 550 g/mol. The van der Waals surface area contributed by atoms with Gasteiger partial charge in [-0.2, -0.15) is 0 Å². The third kappa shape index (κ3) is 8.58. The average molecular weight is 551 g/mol. The smallest absolute Gasteiger partial charge is 0.213 e. The van der Waals surface area contributed by atoms with E-state index in [-0.39, 0.29) is 29.7 Å². The van der Waals surface area contributed by atoms with Gasteiger partial charge in [-0.05, 0) is 56.1 Å². The number of hydrogen-bond acceptors (Lipinski definition) is 4. The molecular weight excluding hydrogens is 515 g/mol. The first-order valence-electron chi connectivity index (χ1n) is 10.6. The molecule has 2 aliphatic carbocycles. The molecule has 0 bridgehead atoms. The summed E-state index contributed by atoms with van der Waals surface area (Å²) in [7, 11) is -1.58. The van der Waals surface area contributed by atoms with Crippen LogP contribution in [-0.4, -0.2) is 46.9 Å². The molecule has 0 unspecified atom stereocenters. The van der Waals surface area contributed by atoms with Crippen LogP contribution >= 0.6 is 24.0 Å². The maximum atomic E-state index is 12.1. The molecule has 1 aromatic carbocycles. The van der Waals surface area contributed by atoms with Crippen LogP contribution in [0.3, 0.4) is 0 Å². The van der Waals surface area contributed by atoms with Crippen LogP contribution in [0.25, 0.3) is 0 Å². The molecular formula is C21H35IN4O3S. The molecule has 2 aliphatic rings. The highest BCUT2D eigenvalue weighted by molar-refractivity contribution is 14.0. The van der Waals surface area contributed by atoms with E-state index in [1.54, 1.807) is 7.05 Å². The fraction of sp³-hybridized carbons (Fsp3) is 0.667. The van der Waals surface area contributed by atoms with E-state index in [1.165, 1.54) is 24.8 Å². The van der Waals surface area contributed by atoms with Gasteiger partial charge >= 0.3 is 0 Å². The number of guanidine groups is 1. The molecule has 0 heterocycles. The van der Waals surface area contributed by atoms with Crippen molar-refractivity contribution in [3.63, 3.8) is 0 Å². The lowest BCUT2D eigenvalue weighted by molar-refractivity contribution is 0.296. The molecule has 9 heteroatoms. The van der Waals surface area contributed by atoms with E-state index < -0.39 is 10.0 Å². The Kier molecular flexibility index (Phi) is 10.2. The number of sulfonamides is 1. The normalized spacial score (nSPS) is 17.1. The number of halogens is 1. The number of nitrogens with one attached hydrogen (secondary N) is 3. The molecule has 30 heavy (non-hydrogen) atoms. The molecule has 2 fully saturated rings. The van der Waals surface area contributed by atoms with Crippen molar-refractivity contribution < 1.29 is 13.2 Å². The van der Waals surface area contributed by atoms with Gasteiger partial charge in [0.05, 0.1) is 12.4 Å². The van der Waals surface area contributed by atoms with Crippen molar-refractivity contribution in [2.45, 2.75) is 45.6 Å². The number of hydrogen-bond donors (Lipinski definition) is 3. The zero-order valence-electron chi connectivity index (χ0n) is 17.9. The molecule has 0 aliphatic heterocycles. The van der Waals surface area contributed by atoms with E-state index in [2.05, 4.69) is 45.5 Å². The standard InChI is InChI=1S/C21H34N4O3S.HI/c1-16-6-9-19(20(12-16)28-15-18-7-8-18)14-24-21(22-2)23-10-11-29(26,27)25-13-17-4-3-5-17;/h6,9,12,17-18,25H,3-5,7-8,10-11,13-15H2,1-2H3,(H2,22,23,24);1H. The molecule has 7 nitrogen and oxygen atoms in total. The lowest BCUT2D eigenvalue weighted by Gasteiger charge is -2.25. The Bertz CT molecular complexity index is 808. The van der Waals surface area contributed by atoms with Crippen molar-refractivity contribution in [2.24, 2.45) is 16.8 Å². The van der Waals surface area contributed by atoms with E-state index in [0.29, 0.717) is 37.4 Å². The van der Waals surface area contributed by atoms with Gasteiger partial charge in [0.1, 0.15) is 5.75 Å². The molecule has 0 aromatic heterocycles. The highest BCUT2D eigenvalue weighted by atomic mass is 127. The summed E-state index contributed by atoms with van der Waals surface area (Å²) in [6.07, 6.45) is 5.98. The topological polar surface area (TPSA) is 91.8 Å². The zero-order chi connectivity index (χ0) is 20.7. The molecule has 3 rings (SSSR count). The van der Waals surface area contributed by atoms with E-state index in [1.807, 2.05) is 0 Å². The second-order valence-electron chi connectivity index (χ2n) is 8.18. The summed E-state index contributed by atoms with van der Waals surface area (Å²) in [5.41, 5.74) is 2.23. The van der Waals surface area contributed by atoms with Crippen LogP contribution < -0.4 is 20.1 Å². The van der Waals surface area contributed by atoms with Crippen molar-refractivity contribution in [1.29, 1.82) is 0 Å². The fourth-order valence-corrected chi connectivity index (χ4v) is 4.16. The third-order valence-corrected chi connectivity index (χ3v) is 6.89. The van der Waals surface area contributed by atoms with Gasteiger partial charge in [0.25, 0.3) is 0 Å². The molecule has 170 valence electrons. The zero-order valence-corrected chi connectivity index (χ0v) is 21.1. The number of aryl methyl sites for hydroxylation is 1. The second kappa shape index (κ2) is 12.1. The van der Waals surface area contributed by atoms with E-state index in [4.69, 9.17) is 4.74 Å². The molecule has 0 atom stereocenters. The SMILES string of the molecule is CN=C(NCCS(=O)(=O)NCC1CCC1)NCc1ccc(C)cc1OCC1CC1.I. The maximum Gasteiger partial charge on any atom is 0.213 e. The Morgan fingerprint density at radius 1 is 1.17 bits per heavy atom. The summed E-state index contributed by atoms with van der Waals surface area (Å²) >= 11 is 0. The van der Waals surface area contributed by atoms with Crippen LogP contribution in [0.5, 0.6) is 5.75 Å². The summed E-state index contributed by atoms with van der Waals surface area (Å²) in [5.74, 6) is 2.72. The van der Waals surface area contributed by atoms with Gasteiger partial charge in [-0.25, -0.2) is 13.1 Å². The van der Waals surface area contributed by atoms with Crippen LogP contribution in [0, 0.1) is 18.8 Å². The number of benzene rings is 1. The number of ether oxygens (including phenoxy) is 1. The minimum absolute atomic E-state index is 0. The van der Waals surface area contributed by atoms with Gasteiger partial charge in [-0.1, -0.05) is 18.6 Å². The predicted octanol–water partition coefficient (Wildman–Crippen LogP) is 2.79. The van der Waals surface area contributed by atoms with Crippen LogP contribution in [0.1, 0.15) is 43.2 Å². The summed E-state index contributed by atoms with van der Waals surface area (Å²) < 4.78 is 32.9. The summed E-state index contributed by atoms with van der Waals surface area (Å²) in [4.78, 5) is 4.19. The number of aliphatic imine (C=N–C) groups is 1. The first kappa shape index (κ1) is 25.2. The maximum absolute atomic E-state index is 12.1. The van der Waals surface area contributed by atoms with E-state index in [9.17, 15) is 8.42 Å². The molecule has 3 N–H and O–H groups in total. The Morgan fingerprint density at radius 3 is 2.57 bits per heavy atom. The summed E-state index contributed by atoms with van der Waals surface area (Å²) in [6, 6.07) is 6.19. The highest BCUT2D eigenvalue weighted by Gasteiger charge is 2.22. The lowest BCUT2D eigenvalue weighted by Crippen LogP contribution is -2.41.